The molecule has 0 spiro atoms. The van der Waals surface area contributed by atoms with Crippen LogP contribution in [0.4, 0.5) is 5.69 Å². The molecule has 1 atom stereocenters. The zero-order valence-corrected chi connectivity index (χ0v) is 16.6. The van der Waals surface area contributed by atoms with Crippen LogP contribution >= 0.6 is 0 Å². The van der Waals surface area contributed by atoms with E-state index in [1.165, 1.54) is 12.8 Å². The van der Waals surface area contributed by atoms with Gasteiger partial charge < -0.3 is 15.5 Å². The van der Waals surface area contributed by atoms with Gasteiger partial charge in [0.1, 0.15) is 0 Å². The first-order valence-corrected chi connectivity index (χ1v) is 10.7. The molecule has 3 aliphatic rings. The molecule has 2 aliphatic heterocycles. The van der Waals surface area contributed by atoms with Gasteiger partial charge in [0.05, 0.1) is 17.9 Å². The molecule has 2 aromatic carbocycles. The highest BCUT2D eigenvalue weighted by Crippen LogP contribution is 2.50. The molecule has 2 aromatic rings. The van der Waals surface area contributed by atoms with Crippen LogP contribution in [0, 0.1) is 0 Å². The van der Waals surface area contributed by atoms with E-state index in [-0.39, 0.29) is 17.9 Å². The largest absolute Gasteiger partial charge is 0.347 e. The van der Waals surface area contributed by atoms with E-state index >= 15 is 0 Å². The summed E-state index contributed by atoms with van der Waals surface area (Å²) in [6.07, 6.45) is 4.62. The Balaban J connectivity index is 1.37. The monoisotopic (exact) mass is 389 g/mol. The molecule has 2 fully saturated rings. The Labute approximate surface area is 171 Å². The smallest absolute Gasteiger partial charge is 0.231 e. The molecule has 2 N–H and O–H groups in total. The molecule has 1 saturated heterocycles. The number of nitrogens with zero attached hydrogens (tertiary/aromatic N) is 1. The second-order valence-electron chi connectivity index (χ2n) is 8.62. The fraction of sp³-hybridized carbons (Fsp3) is 0.417. The molecule has 150 valence electrons. The van der Waals surface area contributed by atoms with Crippen LogP contribution in [0.5, 0.6) is 0 Å². The average Bonchev–Trinajstić information content (AvgIpc) is 3.22. The zero-order valence-electron chi connectivity index (χ0n) is 16.6. The Morgan fingerprint density at radius 2 is 1.86 bits per heavy atom. The number of fused-ring (bicyclic) bond motifs is 1. The predicted molar refractivity (Wildman–Crippen MR) is 113 cm³/mol. The average molecular weight is 389 g/mol. The van der Waals surface area contributed by atoms with Gasteiger partial charge in [-0.15, -0.1) is 0 Å². The number of rotatable bonds is 6. The third kappa shape index (κ3) is 3.55. The van der Waals surface area contributed by atoms with Crippen molar-refractivity contribution in [1.82, 2.24) is 10.2 Å². The van der Waals surface area contributed by atoms with Gasteiger partial charge in [0, 0.05) is 12.2 Å². The van der Waals surface area contributed by atoms with Gasteiger partial charge in [-0.1, -0.05) is 42.5 Å². The summed E-state index contributed by atoms with van der Waals surface area (Å²) in [7, 11) is 0. The van der Waals surface area contributed by atoms with E-state index in [9.17, 15) is 9.59 Å². The van der Waals surface area contributed by atoms with Gasteiger partial charge in [-0.25, -0.2) is 0 Å². The summed E-state index contributed by atoms with van der Waals surface area (Å²) in [6.45, 7) is 3.07. The summed E-state index contributed by atoms with van der Waals surface area (Å²) < 4.78 is 0. The third-order valence-corrected chi connectivity index (χ3v) is 6.62. The molecule has 0 bridgehead atoms. The summed E-state index contributed by atoms with van der Waals surface area (Å²) in [6, 6.07) is 16.3. The van der Waals surface area contributed by atoms with E-state index in [4.69, 9.17) is 0 Å². The maximum atomic E-state index is 13.4. The highest BCUT2D eigenvalue weighted by Gasteiger charge is 2.52. The fourth-order valence-electron chi connectivity index (χ4n) is 4.72. The van der Waals surface area contributed by atoms with Crippen molar-refractivity contribution in [3.63, 3.8) is 0 Å². The molecular formula is C24H27N3O2. The number of carbonyl (C=O) groups excluding carboxylic acids is 2. The van der Waals surface area contributed by atoms with E-state index < -0.39 is 5.41 Å². The number of hydrogen-bond donors (Lipinski definition) is 2. The lowest BCUT2D eigenvalue weighted by Gasteiger charge is -2.27. The van der Waals surface area contributed by atoms with Gasteiger partial charge in [0.15, 0.2) is 0 Å². The van der Waals surface area contributed by atoms with Gasteiger partial charge >= 0.3 is 0 Å². The lowest BCUT2D eigenvalue weighted by Crippen LogP contribution is -2.41. The number of anilines is 1. The Morgan fingerprint density at radius 3 is 2.59 bits per heavy atom. The highest BCUT2D eigenvalue weighted by atomic mass is 16.2. The van der Waals surface area contributed by atoms with Crippen LogP contribution < -0.4 is 10.6 Å². The molecule has 29 heavy (non-hydrogen) atoms. The number of amides is 2. The first-order chi connectivity index (χ1) is 14.1. The Bertz CT molecular complexity index is 930. The van der Waals surface area contributed by atoms with E-state index in [1.807, 2.05) is 36.4 Å². The Morgan fingerprint density at radius 1 is 1.10 bits per heavy atom. The van der Waals surface area contributed by atoms with Crippen molar-refractivity contribution in [2.24, 2.45) is 0 Å². The molecule has 2 heterocycles. The Kier molecular flexibility index (Phi) is 4.63. The predicted octanol–water partition coefficient (Wildman–Crippen LogP) is 3.17. The number of nitrogens with one attached hydrogen (secondary N) is 2. The van der Waals surface area contributed by atoms with E-state index in [0.29, 0.717) is 6.42 Å². The van der Waals surface area contributed by atoms with Crippen molar-refractivity contribution in [1.29, 1.82) is 0 Å². The van der Waals surface area contributed by atoms with Crippen molar-refractivity contribution in [3.8, 4) is 0 Å². The second-order valence-corrected chi connectivity index (χ2v) is 8.62. The minimum Gasteiger partial charge on any atom is -0.347 e. The lowest BCUT2D eigenvalue weighted by atomic mass is 9.92. The summed E-state index contributed by atoms with van der Waals surface area (Å²) in [4.78, 5) is 27.6. The fourth-order valence-corrected chi connectivity index (χ4v) is 4.72. The number of benzene rings is 2. The second kappa shape index (κ2) is 7.30. The van der Waals surface area contributed by atoms with Crippen LogP contribution in [0.3, 0.4) is 0 Å². The molecule has 0 radical (unpaired) electrons. The maximum Gasteiger partial charge on any atom is 0.231 e. The van der Waals surface area contributed by atoms with Crippen LogP contribution in [0.15, 0.2) is 48.5 Å². The molecule has 5 heteroatoms. The van der Waals surface area contributed by atoms with Crippen LogP contribution in [-0.4, -0.2) is 36.3 Å². The summed E-state index contributed by atoms with van der Waals surface area (Å²) >= 11 is 0. The van der Waals surface area contributed by atoms with Gasteiger partial charge in [-0.05, 0) is 61.5 Å². The molecule has 2 amide bonds. The third-order valence-electron chi connectivity index (χ3n) is 6.62. The molecule has 0 aromatic heterocycles. The van der Waals surface area contributed by atoms with E-state index in [2.05, 4.69) is 27.7 Å². The van der Waals surface area contributed by atoms with Gasteiger partial charge in [0.25, 0.3) is 0 Å². The van der Waals surface area contributed by atoms with Gasteiger partial charge in [0.2, 0.25) is 11.8 Å². The summed E-state index contributed by atoms with van der Waals surface area (Å²) in [5.74, 6) is 0.135. The van der Waals surface area contributed by atoms with Crippen LogP contribution in [0.1, 0.15) is 48.4 Å². The molecule has 1 saturated carbocycles. The summed E-state index contributed by atoms with van der Waals surface area (Å²) in [5, 5.41) is 6.28. The highest BCUT2D eigenvalue weighted by molar-refractivity contribution is 6.00. The lowest BCUT2D eigenvalue weighted by molar-refractivity contribution is -0.124. The van der Waals surface area contributed by atoms with Crippen LogP contribution in [0.2, 0.25) is 0 Å². The normalized spacial score (nSPS) is 20.8. The molecular weight excluding hydrogens is 362 g/mol. The topological polar surface area (TPSA) is 61.4 Å². The standard InChI is InChI=1S/C24H27N3O2/c28-22-14-18-8-9-19(15-20(18)25-22)24(10-11-24)23(29)26-21(16-27-12-4-5-13-27)17-6-2-1-3-7-17/h1-3,6-9,15,21H,4-5,10-14,16H2,(H,25,28)(H,26,29)/t21-/m1/s1. The van der Waals surface area contributed by atoms with Crippen molar-refractivity contribution in [2.75, 3.05) is 25.0 Å². The first-order valence-electron chi connectivity index (χ1n) is 10.7. The number of carbonyl (C=O) groups is 2. The van der Waals surface area contributed by atoms with Crippen molar-refractivity contribution >= 4 is 17.5 Å². The maximum absolute atomic E-state index is 13.4. The number of hydrogen-bond acceptors (Lipinski definition) is 3. The van der Waals surface area contributed by atoms with Gasteiger partial charge in [-0.3, -0.25) is 9.59 Å². The molecule has 1 aliphatic carbocycles. The SMILES string of the molecule is O=C1Cc2ccc(C3(C(=O)N[C@H](CN4CCCC4)c4ccccc4)CC3)cc2N1. The molecule has 5 nitrogen and oxygen atoms in total. The van der Waals surface area contributed by atoms with Crippen molar-refractivity contribution in [3.05, 3.63) is 65.2 Å². The summed E-state index contributed by atoms with van der Waals surface area (Å²) in [5.41, 5.74) is 3.60. The Hall–Kier alpha value is -2.66. The van der Waals surface area contributed by atoms with E-state index in [0.717, 1.165) is 54.9 Å². The van der Waals surface area contributed by atoms with Crippen molar-refractivity contribution in [2.45, 2.75) is 43.6 Å². The molecule has 5 rings (SSSR count). The first kappa shape index (κ1) is 18.4. The zero-order chi connectivity index (χ0) is 19.8. The quantitative estimate of drug-likeness (QED) is 0.798. The minimum absolute atomic E-state index is 0.00611. The minimum atomic E-state index is -0.458. The van der Waals surface area contributed by atoms with Crippen molar-refractivity contribution < 1.29 is 9.59 Å². The van der Waals surface area contributed by atoms with E-state index in [1.54, 1.807) is 0 Å². The number of likely N-dealkylation sites (tertiary alicyclic amines) is 1. The van der Waals surface area contributed by atoms with Gasteiger partial charge in [-0.2, -0.15) is 0 Å². The molecule has 0 unspecified atom stereocenters. The van der Waals surface area contributed by atoms with Crippen LogP contribution in [0.25, 0.3) is 0 Å². The van der Waals surface area contributed by atoms with Crippen LogP contribution in [-0.2, 0) is 21.4 Å².